The van der Waals surface area contributed by atoms with Gasteiger partial charge in [0.25, 0.3) is 0 Å². The monoisotopic (exact) mass is 304 g/mol. The summed E-state index contributed by atoms with van der Waals surface area (Å²) in [6, 6.07) is 1.74. The molecule has 0 aliphatic rings. The van der Waals surface area contributed by atoms with Crippen LogP contribution in [0.1, 0.15) is 45.4 Å². The second-order valence-corrected chi connectivity index (χ2v) is 4.88. The lowest BCUT2D eigenvalue weighted by Crippen LogP contribution is -2.13. The van der Waals surface area contributed by atoms with E-state index in [1.165, 1.54) is 0 Å². The van der Waals surface area contributed by atoms with Crippen LogP contribution in [0.15, 0.2) is 6.07 Å². The lowest BCUT2D eigenvalue weighted by atomic mass is 10.3. The SMILES string of the molecule is CCCNc1cc(NCCCC(F)(F)F)nc(CCC)n1. The lowest BCUT2D eigenvalue weighted by Gasteiger charge is -2.11. The minimum Gasteiger partial charge on any atom is -0.370 e. The van der Waals surface area contributed by atoms with Gasteiger partial charge in [-0.25, -0.2) is 9.97 Å². The Bertz CT molecular complexity index is 421. The van der Waals surface area contributed by atoms with E-state index in [4.69, 9.17) is 0 Å². The molecular weight excluding hydrogens is 281 g/mol. The van der Waals surface area contributed by atoms with Gasteiger partial charge in [-0.05, 0) is 19.3 Å². The van der Waals surface area contributed by atoms with E-state index in [1.54, 1.807) is 6.07 Å². The Morgan fingerprint density at radius 3 is 2.14 bits per heavy atom. The summed E-state index contributed by atoms with van der Waals surface area (Å²) >= 11 is 0. The van der Waals surface area contributed by atoms with Crippen molar-refractivity contribution in [2.24, 2.45) is 0 Å². The second-order valence-electron chi connectivity index (χ2n) is 4.88. The topological polar surface area (TPSA) is 49.8 Å². The first-order chi connectivity index (χ1) is 9.94. The van der Waals surface area contributed by atoms with Gasteiger partial charge in [0, 0.05) is 32.0 Å². The smallest absolute Gasteiger partial charge is 0.370 e. The third-order valence-corrected chi connectivity index (χ3v) is 2.75. The molecule has 7 heteroatoms. The van der Waals surface area contributed by atoms with Crippen LogP contribution in [0.2, 0.25) is 0 Å². The van der Waals surface area contributed by atoms with Crippen LogP contribution in [0.4, 0.5) is 24.8 Å². The molecule has 120 valence electrons. The second kappa shape index (κ2) is 8.69. The molecule has 0 bridgehead atoms. The maximum atomic E-state index is 12.1. The molecule has 0 aliphatic carbocycles. The Hall–Kier alpha value is -1.53. The van der Waals surface area contributed by atoms with Crippen molar-refractivity contribution in [2.75, 3.05) is 23.7 Å². The number of hydrogen-bond acceptors (Lipinski definition) is 4. The van der Waals surface area contributed by atoms with Crippen molar-refractivity contribution < 1.29 is 13.2 Å². The molecule has 0 fully saturated rings. The first-order valence-corrected chi connectivity index (χ1v) is 7.37. The van der Waals surface area contributed by atoms with Crippen molar-refractivity contribution in [1.29, 1.82) is 0 Å². The molecule has 1 aromatic rings. The van der Waals surface area contributed by atoms with E-state index in [0.717, 1.165) is 25.8 Å². The van der Waals surface area contributed by atoms with Crippen LogP contribution < -0.4 is 10.6 Å². The van der Waals surface area contributed by atoms with Crippen LogP contribution in [0.25, 0.3) is 0 Å². The number of aryl methyl sites for hydroxylation is 1. The van der Waals surface area contributed by atoms with Crippen LogP contribution in [-0.4, -0.2) is 29.2 Å². The van der Waals surface area contributed by atoms with Gasteiger partial charge >= 0.3 is 6.18 Å². The third-order valence-electron chi connectivity index (χ3n) is 2.75. The quantitative estimate of drug-likeness (QED) is 0.677. The number of anilines is 2. The molecule has 0 atom stereocenters. The van der Waals surface area contributed by atoms with Crippen LogP contribution in [-0.2, 0) is 6.42 Å². The van der Waals surface area contributed by atoms with Gasteiger partial charge in [-0.2, -0.15) is 13.2 Å². The van der Waals surface area contributed by atoms with E-state index < -0.39 is 12.6 Å². The molecule has 0 aliphatic heterocycles. The zero-order chi connectivity index (χ0) is 15.7. The molecule has 1 rings (SSSR count). The van der Waals surface area contributed by atoms with Gasteiger partial charge in [0.15, 0.2) is 0 Å². The van der Waals surface area contributed by atoms with E-state index >= 15 is 0 Å². The zero-order valence-corrected chi connectivity index (χ0v) is 12.6. The molecule has 0 unspecified atom stereocenters. The summed E-state index contributed by atoms with van der Waals surface area (Å²) < 4.78 is 36.3. The molecule has 0 saturated heterocycles. The largest absolute Gasteiger partial charge is 0.389 e. The predicted octanol–water partition coefficient (Wildman–Crippen LogP) is 4.01. The molecule has 0 saturated carbocycles. The highest BCUT2D eigenvalue weighted by Gasteiger charge is 2.25. The average Bonchev–Trinajstić information content (AvgIpc) is 2.41. The number of hydrogen-bond donors (Lipinski definition) is 2. The number of alkyl halides is 3. The average molecular weight is 304 g/mol. The van der Waals surface area contributed by atoms with Gasteiger partial charge in [0.05, 0.1) is 0 Å². The Morgan fingerprint density at radius 1 is 1.00 bits per heavy atom. The highest BCUT2D eigenvalue weighted by atomic mass is 19.4. The van der Waals surface area contributed by atoms with Crippen LogP contribution in [0.5, 0.6) is 0 Å². The minimum absolute atomic E-state index is 0.0360. The molecule has 4 nitrogen and oxygen atoms in total. The van der Waals surface area contributed by atoms with Crippen LogP contribution in [0.3, 0.4) is 0 Å². The maximum absolute atomic E-state index is 12.1. The fourth-order valence-electron chi connectivity index (χ4n) is 1.77. The molecule has 1 aromatic heterocycles. The molecule has 0 aromatic carbocycles. The Kier molecular flexibility index (Phi) is 7.25. The van der Waals surface area contributed by atoms with Gasteiger partial charge in [-0.3, -0.25) is 0 Å². The van der Waals surface area contributed by atoms with Gasteiger partial charge < -0.3 is 10.6 Å². The first kappa shape index (κ1) is 17.5. The Morgan fingerprint density at radius 2 is 1.62 bits per heavy atom. The molecule has 0 radical (unpaired) electrons. The predicted molar refractivity (Wildman–Crippen MR) is 78.6 cm³/mol. The van der Waals surface area contributed by atoms with Crippen LogP contribution in [0, 0.1) is 0 Å². The number of nitrogens with one attached hydrogen (secondary N) is 2. The van der Waals surface area contributed by atoms with E-state index in [1.807, 2.05) is 6.92 Å². The fourth-order valence-corrected chi connectivity index (χ4v) is 1.77. The van der Waals surface area contributed by atoms with E-state index in [-0.39, 0.29) is 13.0 Å². The summed E-state index contributed by atoms with van der Waals surface area (Å²) in [6.07, 6.45) is -2.21. The summed E-state index contributed by atoms with van der Waals surface area (Å²) in [4.78, 5) is 8.71. The van der Waals surface area contributed by atoms with Gasteiger partial charge in [-0.15, -0.1) is 0 Å². The number of aromatic nitrogens is 2. The Balaban J connectivity index is 2.60. The van der Waals surface area contributed by atoms with Gasteiger partial charge in [-0.1, -0.05) is 13.8 Å². The van der Waals surface area contributed by atoms with Gasteiger partial charge in [0.1, 0.15) is 17.5 Å². The van der Waals surface area contributed by atoms with E-state index in [2.05, 4.69) is 27.5 Å². The summed E-state index contributed by atoms with van der Waals surface area (Å²) in [6.45, 7) is 5.13. The zero-order valence-electron chi connectivity index (χ0n) is 12.6. The van der Waals surface area contributed by atoms with E-state index in [0.29, 0.717) is 17.5 Å². The summed E-state index contributed by atoms with van der Waals surface area (Å²) in [5.74, 6) is 2.00. The Labute approximate surface area is 123 Å². The molecule has 0 amide bonds. The van der Waals surface area contributed by atoms with Crippen molar-refractivity contribution in [1.82, 2.24) is 9.97 Å². The number of halogens is 3. The highest BCUT2D eigenvalue weighted by molar-refractivity contribution is 5.47. The molecule has 0 spiro atoms. The molecule has 21 heavy (non-hydrogen) atoms. The lowest BCUT2D eigenvalue weighted by molar-refractivity contribution is -0.134. The van der Waals surface area contributed by atoms with Crippen molar-refractivity contribution in [3.63, 3.8) is 0 Å². The summed E-state index contributed by atoms with van der Waals surface area (Å²) in [5.41, 5.74) is 0. The number of nitrogens with zero attached hydrogens (tertiary/aromatic N) is 2. The van der Waals surface area contributed by atoms with Crippen LogP contribution >= 0.6 is 0 Å². The standard InChI is InChI=1S/C14H23F3N4/c1-3-6-11-20-12(18-8-4-2)10-13(21-11)19-9-5-7-14(15,16)17/h10H,3-9H2,1-2H3,(H2,18,19,20,21). The van der Waals surface area contributed by atoms with Crippen molar-refractivity contribution >= 4 is 11.6 Å². The van der Waals surface area contributed by atoms with Gasteiger partial charge in [0.2, 0.25) is 0 Å². The van der Waals surface area contributed by atoms with Crippen molar-refractivity contribution in [3.05, 3.63) is 11.9 Å². The third kappa shape index (κ3) is 7.72. The molecule has 2 N–H and O–H groups in total. The summed E-state index contributed by atoms with van der Waals surface area (Å²) in [5, 5.41) is 6.12. The normalized spacial score (nSPS) is 11.5. The number of rotatable bonds is 9. The fraction of sp³-hybridized carbons (Fsp3) is 0.714. The van der Waals surface area contributed by atoms with E-state index in [9.17, 15) is 13.2 Å². The molecule has 1 heterocycles. The van der Waals surface area contributed by atoms with Crippen molar-refractivity contribution in [2.45, 2.75) is 52.1 Å². The first-order valence-electron chi connectivity index (χ1n) is 7.37. The van der Waals surface area contributed by atoms with Crippen molar-refractivity contribution in [3.8, 4) is 0 Å². The maximum Gasteiger partial charge on any atom is 0.389 e. The molecular formula is C14H23F3N4. The highest BCUT2D eigenvalue weighted by Crippen LogP contribution is 2.21. The minimum atomic E-state index is -4.10. The summed E-state index contributed by atoms with van der Waals surface area (Å²) in [7, 11) is 0.